The molecule has 0 aromatic heterocycles. The summed E-state index contributed by atoms with van der Waals surface area (Å²) in [5.74, 6) is 0.179. The van der Waals surface area contributed by atoms with Gasteiger partial charge in [0.05, 0.1) is 19.3 Å². The monoisotopic (exact) mass is 278 g/mol. The number of amides is 1. The summed E-state index contributed by atoms with van der Waals surface area (Å²) in [6.07, 6.45) is 0. The molecule has 0 bridgehead atoms. The number of hydrogen-bond acceptors (Lipinski definition) is 5. The van der Waals surface area contributed by atoms with Crippen LogP contribution >= 0.6 is 0 Å². The first kappa shape index (κ1) is 13.4. The van der Waals surface area contributed by atoms with Crippen molar-refractivity contribution in [2.24, 2.45) is 0 Å². The molecule has 1 unspecified atom stereocenters. The lowest BCUT2D eigenvalue weighted by atomic mass is 10.1. The normalized spacial score (nSPS) is 23.2. The molecule has 1 aromatic rings. The molecule has 1 fully saturated rings. The zero-order chi connectivity index (χ0) is 14.1. The molecule has 108 valence electrons. The van der Waals surface area contributed by atoms with Crippen LogP contribution in [0.5, 0.6) is 5.75 Å². The molecule has 1 aromatic carbocycles. The Labute approximate surface area is 117 Å². The van der Waals surface area contributed by atoms with Crippen molar-refractivity contribution in [2.45, 2.75) is 25.6 Å². The lowest BCUT2D eigenvalue weighted by Gasteiger charge is -2.39. The second kappa shape index (κ2) is 5.40. The third-order valence-electron chi connectivity index (χ3n) is 3.92. The zero-order valence-corrected chi connectivity index (χ0v) is 11.3. The summed E-state index contributed by atoms with van der Waals surface area (Å²) in [6.45, 7) is 5.03. The molecule has 6 heteroatoms. The highest BCUT2D eigenvalue weighted by Gasteiger charge is 2.32. The Morgan fingerprint density at radius 2 is 2.20 bits per heavy atom. The summed E-state index contributed by atoms with van der Waals surface area (Å²) in [5.41, 5.74) is 3.08. The van der Waals surface area contributed by atoms with Gasteiger partial charge in [0.25, 0.3) is 5.91 Å². The van der Waals surface area contributed by atoms with Crippen molar-refractivity contribution in [2.75, 3.05) is 19.8 Å². The van der Waals surface area contributed by atoms with Crippen LogP contribution in [-0.4, -0.2) is 47.9 Å². The van der Waals surface area contributed by atoms with E-state index >= 15 is 0 Å². The minimum absolute atomic E-state index is 0.298. The van der Waals surface area contributed by atoms with Crippen LogP contribution in [0.25, 0.3) is 0 Å². The lowest BCUT2D eigenvalue weighted by Crippen LogP contribution is -2.52. The van der Waals surface area contributed by atoms with E-state index in [1.807, 2.05) is 6.07 Å². The number of nitrogens with one attached hydrogen (secondary N) is 1. The third kappa shape index (κ3) is 2.37. The van der Waals surface area contributed by atoms with Crippen molar-refractivity contribution in [3.8, 4) is 5.75 Å². The van der Waals surface area contributed by atoms with Gasteiger partial charge < -0.3 is 9.47 Å². The van der Waals surface area contributed by atoms with Gasteiger partial charge in [-0.15, -0.1) is 0 Å². The molecule has 2 aliphatic heterocycles. The van der Waals surface area contributed by atoms with E-state index in [1.165, 1.54) is 0 Å². The molecule has 1 amide bonds. The summed E-state index contributed by atoms with van der Waals surface area (Å²) >= 11 is 0. The molecule has 0 aliphatic carbocycles. The van der Waals surface area contributed by atoms with Crippen LogP contribution in [0.3, 0.4) is 0 Å². The number of rotatable bonds is 2. The average Bonchev–Trinajstić information content (AvgIpc) is 2.56. The summed E-state index contributed by atoms with van der Waals surface area (Å²) in [7, 11) is 0. The maximum atomic E-state index is 11.4. The molecular formula is C14H18N2O4. The molecule has 0 saturated carbocycles. The first-order valence-electron chi connectivity index (χ1n) is 6.72. The van der Waals surface area contributed by atoms with Gasteiger partial charge in [0.2, 0.25) is 0 Å². The maximum absolute atomic E-state index is 11.4. The largest absolute Gasteiger partial charge is 0.492 e. The molecule has 2 aliphatic rings. The van der Waals surface area contributed by atoms with E-state index < -0.39 is 5.91 Å². The van der Waals surface area contributed by atoms with Crippen molar-refractivity contribution >= 4 is 5.91 Å². The summed E-state index contributed by atoms with van der Waals surface area (Å²) in [5, 5.41) is 8.68. The van der Waals surface area contributed by atoms with E-state index in [2.05, 4.69) is 11.8 Å². The average molecular weight is 278 g/mol. The zero-order valence-electron chi connectivity index (χ0n) is 11.3. The van der Waals surface area contributed by atoms with Gasteiger partial charge in [-0.2, -0.15) is 0 Å². The fourth-order valence-electron chi connectivity index (χ4n) is 2.59. The predicted molar refractivity (Wildman–Crippen MR) is 70.8 cm³/mol. The van der Waals surface area contributed by atoms with Gasteiger partial charge in [-0.1, -0.05) is 6.07 Å². The minimum Gasteiger partial charge on any atom is -0.492 e. The molecule has 3 rings (SSSR count). The van der Waals surface area contributed by atoms with E-state index in [4.69, 9.17) is 14.7 Å². The lowest BCUT2D eigenvalue weighted by molar-refractivity contribution is -0.0825. The van der Waals surface area contributed by atoms with E-state index in [0.29, 0.717) is 30.0 Å². The van der Waals surface area contributed by atoms with Gasteiger partial charge in [0.1, 0.15) is 12.4 Å². The van der Waals surface area contributed by atoms with Crippen LogP contribution in [-0.2, 0) is 11.3 Å². The highest BCUT2D eigenvalue weighted by atomic mass is 16.5. The number of benzene rings is 1. The van der Waals surface area contributed by atoms with Gasteiger partial charge >= 0.3 is 0 Å². The Morgan fingerprint density at radius 3 is 2.85 bits per heavy atom. The molecule has 2 heterocycles. The maximum Gasteiger partial charge on any atom is 0.274 e. The van der Waals surface area contributed by atoms with Gasteiger partial charge in [0, 0.05) is 23.7 Å². The summed E-state index contributed by atoms with van der Waals surface area (Å²) in [4.78, 5) is 13.8. The molecule has 0 radical (unpaired) electrons. The first-order chi connectivity index (χ1) is 9.69. The second-order valence-electron chi connectivity index (χ2n) is 5.29. The number of hydrogen-bond donors (Lipinski definition) is 2. The van der Waals surface area contributed by atoms with Crippen molar-refractivity contribution in [3.05, 3.63) is 29.3 Å². The molecular weight excluding hydrogens is 260 g/mol. The number of nitrogens with zero attached hydrogens (tertiary/aromatic N) is 1. The van der Waals surface area contributed by atoms with Crippen molar-refractivity contribution in [1.29, 1.82) is 0 Å². The van der Waals surface area contributed by atoms with Crippen LogP contribution in [0.1, 0.15) is 22.8 Å². The standard InChI is InChI=1S/C14H18N2O4/c1-9-6-20-13-4-10(14(17)15-18)2-3-11(13)5-16(9)12-7-19-8-12/h2-4,9,12,18H,5-8H2,1H3,(H,15,17). The first-order valence-corrected chi connectivity index (χ1v) is 6.72. The molecule has 1 saturated heterocycles. The van der Waals surface area contributed by atoms with Crippen LogP contribution in [0.2, 0.25) is 0 Å². The van der Waals surface area contributed by atoms with Crippen LogP contribution in [0.4, 0.5) is 0 Å². The Bertz CT molecular complexity index is 516. The van der Waals surface area contributed by atoms with Crippen molar-refractivity contribution in [3.63, 3.8) is 0 Å². The van der Waals surface area contributed by atoms with Crippen molar-refractivity contribution < 1.29 is 19.5 Å². The highest BCUT2D eigenvalue weighted by molar-refractivity contribution is 5.93. The van der Waals surface area contributed by atoms with Gasteiger partial charge in [-0.05, 0) is 19.1 Å². The molecule has 1 atom stereocenters. The van der Waals surface area contributed by atoms with E-state index in [0.717, 1.165) is 25.3 Å². The number of fused-ring (bicyclic) bond motifs is 1. The van der Waals surface area contributed by atoms with E-state index in [1.54, 1.807) is 17.6 Å². The number of ether oxygens (including phenoxy) is 2. The Kier molecular flexibility index (Phi) is 3.60. The molecule has 0 spiro atoms. The fraction of sp³-hybridized carbons (Fsp3) is 0.500. The minimum atomic E-state index is -0.530. The van der Waals surface area contributed by atoms with Crippen LogP contribution in [0, 0.1) is 0 Å². The van der Waals surface area contributed by atoms with E-state index in [-0.39, 0.29) is 0 Å². The fourth-order valence-corrected chi connectivity index (χ4v) is 2.59. The molecule has 20 heavy (non-hydrogen) atoms. The number of hydroxylamine groups is 1. The number of carbonyl (C=O) groups is 1. The topological polar surface area (TPSA) is 71.0 Å². The molecule has 2 N–H and O–H groups in total. The number of carbonyl (C=O) groups excluding carboxylic acids is 1. The summed E-state index contributed by atoms with van der Waals surface area (Å²) < 4.78 is 11.1. The van der Waals surface area contributed by atoms with Crippen LogP contribution < -0.4 is 10.2 Å². The van der Waals surface area contributed by atoms with Gasteiger partial charge in [-0.3, -0.25) is 14.9 Å². The predicted octanol–water partition coefficient (Wildman–Crippen LogP) is 0.787. The highest BCUT2D eigenvalue weighted by Crippen LogP contribution is 2.28. The van der Waals surface area contributed by atoms with Gasteiger partial charge in [-0.25, -0.2) is 5.48 Å². The molecule has 6 nitrogen and oxygen atoms in total. The second-order valence-corrected chi connectivity index (χ2v) is 5.29. The third-order valence-corrected chi connectivity index (χ3v) is 3.92. The Balaban J connectivity index is 1.85. The van der Waals surface area contributed by atoms with Crippen molar-refractivity contribution in [1.82, 2.24) is 10.4 Å². The summed E-state index contributed by atoms with van der Waals surface area (Å²) in [6, 6.07) is 5.99. The Hall–Kier alpha value is -1.63. The van der Waals surface area contributed by atoms with Crippen LogP contribution in [0.15, 0.2) is 18.2 Å². The SMILES string of the molecule is CC1COc2cc(C(=O)NO)ccc2CN1C1COC1. The van der Waals surface area contributed by atoms with Gasteiger partial charge in [0.15, 0.2) is 0 Å². The van der Waals surface area contributed by atoms with E-state index in [9.17, 15) is 4.79 Å². The smallest absolute Gasteiger partial charge is 0.274 e. The Morgan fingerprint density at radius 1 is 1.40 bits per heavy atom. The quantitative estimate of drug-likeness (QED) is 0.618.